The molecule has 4 aromatic rings. The minimum Gasteiger partial charge on any atom is -0.389 e. The molecule has 0 spiro atoms. The van der Waals surface area contributed by atoms with Crippen LogP contribution in [0.2, 0.25) is 4.34 Å². The number of aliphatic hydroxyl groups is 2. The Bertz CT molecular complexity index is 1430. The van der Waals surface area contributed by atoms with Gasteiger partial charge in [0, 0.05) is 20.0 Å². The van der Waals surface area contributed by atoms with Gasteiger partial charge >= 0.3 is 0 Å². The number of aliphatic hydroxyl groups excluding tert-OH is 2. The molecule has 4 aromatic heterocycles. The number of aromatic nitrogens is 7. The first-order valence-electron chi connectivity index (χ1n) is 10.6. The van der Waals surface area contributed by atoms with Crippen molar-refractivity contribution in [2.75, 3.05) is 19.4 Å². The lowest BCUT2D eigenvalue weighted by molar-refractivity contribution is -0.132. The topological polar surface area (TPSA) is 156 Å². The molecule has 6 rings (SSSR count). The van der Waals surface area contributed by atoms with Gasteiger partial charge in [0.15, 0.2) is 17.0 Å². The molecule has 2 saturated carbocycles. The predicted molar refractivity (Wildman–Crippen MR) is 124 cm³/mol. The highest BCUT2D eigenvalue weighted by Gasteiger charge is 2.75. The Morgan fingerprint density at radius 2 is 2.12 bits per heavy atom. The third-order valence-electron chi connectivity index (χ3n) is 6.81. The summed E-state index contributed by atoms with van der Waals surface area (Å²) in [6.45, 7) is 0. The molecular formula is C20H20ClN9O3S. The summed E-state index contributed by atoms with van der Waals surface area (Å²) in [4.78, 5) is 27.0. The molecule has 2 aliphatic rings. The highest BCUT2D eigenvalue weighted by atomic mass is 35.5. The van der Waals surface area contributed by atoms with Crippen molar-refractivity contribution in [3.05, 3.63) is 29.0 Å². The quantitative estimate of drug-likeness (QED) is 0.311. The van der Waals surface area contributed by atoms with E-state index in [0.29, 0.717) is 33.4 Å². The third kappa shape index (κ3) is 2.84. The van der Waals surface area contributed by atoms with E-state index in [1.807, 2.05) is 6.07 Å². The van der Waals surface area contributed by atoms with E-state index in [-0.39, 0.29) is 17.8 Å². The summed E-state index contributed by atoms with van der Waals surface area (Å²) in [5.41, 5.74) is 0.570. The van der Waals surface area contributed by atoms with Crippen LogP contribution in [0.1, 0.15) is 12.5 Å². The first kappa shape index (κ1) is 21.4. The molecule has 4 heterocycles. The average molecular weight is 502 g/mol. The lowest BCUT2D eigenvalue weighted by atomic mass is 9.98. The molecule has 12 nitrogen and oxygen atoms in total. The monoisotopic (exact) mass is 501 g/mol. The smallest absolute Gasteiger partial charge is 0.256 e. The van der Waals surface area contributed by atoms with E-state index in [1.54, 1.807) is 30.2 Å². The normalized spacial score (nSPS) is 27.7. The van der Waals surface area contributed by atoms with E-state index in [2.05, 4.69) is 35.9 Å². The maximum Gasteiger partial charge on any atom is 0.256 e. The second-order valence-electron chi connectivity index (χ2n) is 8.45. The predicted octanol–water partition coefficient (Wildman–Crippen LogP) is 0.859. The van der Waals surface area contributed by atoms with Gasteiger partial charge in [-0.15, -0.1) is 16.4 Å². The molecule has 5 atom stereocenters. The third-order valence-corrected chi connectivity index (χ3v) is 8.07. The highest BCUT2D eigenvalue weighted by molar-refractivity contribution is 7.19. The van der Waals surface area contributed by atoms with Crippen LogP contribution in [-0.4, -0.2) is 76.9 Å². The van der Waals surface area contributed by atoms with Gasteiger partial charge in [-0.25, -0.2) is 4.98 Å². The highest BCUT2D eigenvalue weighted by Crippen LogP contribution is 2.67. The number of thiophene rings is 1. The van der Waals surface area contributed by atoms with Crippen LogP contribution in [0, 0.1) is 11.3 Å². The SMILES string of the molecule is CNC(=O)[C@]12CC1[C@@H](n1cnc3c(NC)nc(-n4cc(-c5ccc(Cl)s5)nn4)nc31)C(O)[C@@H]2O. The van der Waals surface area contributed by atoms with Crippen LogP contribution in [0.25, 0.3) is 27.7 Å². The van der Waals surface area contributed by atoms with Gasteiger partial charge in [0.2, 0.25) is 5.91 Å². The van der Waals surface area contributed by atoms with Crippen molar-refractivity contribution >= 4 is 45.8 Å². The maximum atomic E-state index is 12.5. The fourth-order valence-corrected chi connectivity index (χ4v) is 6.11. The van der Waals surface area contributed by atoms with Crippen LogP contribution < -0.4 is 10.6 Å². The molecule has 2 fully saturated rings. The minimum atomic E-state index is -1.18. The largest absolute Gasteiger partial charge is 0.389 e. The molecular weight excluding hydrogens is 482 g/mol. The first-order valence-corrected chi connectivity index (χ1v) is 11.8. The van der Waals surface area contributed by atoms with Gasteiger partial charge < -0.3 is 25.4 Å². The van der Waals surface area contributed by atoms with E-state index >= 15 is 0 Å². The fourth-order valence-electron chi connectivity index (χ4n) is 5.11. The Morgan fingerprint density at radius 3 is 2.82 bits per heavy atom. The minimum absolute atomic E-state index is 0.243. The molecule has 176 valence electrons. The average Bonchev–Trinajstić information content (AvgIpc) is 3.26. The van der Waals surface area contributed by atoms with Crippen LogP contribution in [0.15, 0.2) is 24.7 Å². The zero-order chi connectivity index (χ0) is 23.8. The van der Waals surface area contributed by atoms with Crippen molar-refractivity contribution in [1.82, 2.24) is 39.8 Å². The van der Waals surface area contributed by atoms with Gasteiger partial charge in [-0.3, -0.25) is 4.79 Å². The van der Waals surface area contributed by atoms with E-state index in [4.69, 9.17) is 11.6 Å². The van der Waals surface area contributed by atoms with E-state index < -0.39 is 23.7 Å². The number of imidazole rings is 1. The molecule has 0 aromatic carbocycles. The summed E-state index contributed by atoms with van der Waals surface area (Å²) >= 11 is 7.43. The molecule has 0 radical (unpaired) electrons. The molecule has 4 N–H and O–H groups in total. The van der Waals surface area contributed by atoms with Gasteiger partial charge in [-0.2, -0.15) is 14.6 Å². The summed E-state index contributed by atoms with van der Waals surface area (Å²) in [5.74, 6) is 0.205. The molecule has 1 amide bonds. The van der Waals surface area contributed by atoms with Gasteiger partial charge in [-0.05, 0) is 18.6 Å². The van der Waals surface area contributed by atoms with Crippen molar-refractivity contribution in [1.29, 1.82) is 0 Å². The Morgan fingerprint density at radius 1 is 1.29 bits per heavy atom. The van der Waals surface area contributed by atoms with Crippen LogP contribution in [-0.2, 0) is 4.79 Å². The number of nitrogens with one attached hydrogen (secondary N) is 2. The zero-order valence-electron chi connectivity index (χ0n) is 18.0. The van der Waals surface area contributed by atoms with Crippen molar-refractivity contribution in [2.45, 2.75) is 24.7 Å². The summed E-state index contributed by atoms with van der Waals surface area (Å²) < 4.78 is 3.81. The lowest BCUT2D eigenvalue weighted by Crippen LogP contribution is -2.41. The molecule has 2 unspecified atom stereocenters. The summed E-state index contributed by atoms with van der Waals surface area (Å²) in [6, 6.07) is 3.09. The van der Waals surface area contributed by atoms with Crippen molar-refractivity contribution in [2.24, 2.45) is 11.3 Å². The van der Waals surface area contributed by atoms with E-state index in [9.17, 15) is 15.0 Å². The number of rotatable bonds is 5. The van der Waals surface area contributed by atoms with E-state index in [0.717, 1.165) is 4.88 Å². The van der Waals surface area contributed by atoms with Gasteiger partial charge in [0.1, 0.15) is 11.8 Å². The Kier molecular flexibility index (Phi) is 4.68. The molecule has 2 aliphatic carbocycles. The number of carbonyl (C=O) groups is 1. The zero-order valence-corrected chi connectivity index (χ0v) is 19.6. The maximum absolute atomic E-state index is 12.5. The molecule has 14 heteroatoms. The van der Waals surface area contributed by atoms with Crippen LogP contribution in [0.3, 0.4) is 0 Å². The molecule has 34 heavy (non-hydrogen) atoms. The number of nitrogens with zero attached hydrogens (tertiary/aromatic N) is 7. The van der Waals surface area contributed by atoms with Crippen molar-refractivity contribution in [3.63, 3.8) is 0 Å². The number of amides is 1. The Labute approximate surface area is 201 Å². The van der Waals surface area contributed by atoms with Gasteiger partial charge in [0.05, 0.1) is 39.3 Å². The van der Waals surface area contributed by atoms with Crippen LogP contribution in [0.4, 0.5) is 5.82 Å². The van der Waals surface area contributed by atoms with Gasteiger partial charge in [0.25, 0.3) is 5.95 Å². The Hall–Kier alpha value is -3.13. The summed E-state index contributed by atoms with van der Waals surface area (Å²) in [5, 5.41) is 35.6. The summed E-state index contributed by atoms with van der Waals surface area (Å²) in [7, 11) is 3.25. The van der Waals surface area contributed by atoms with E-state index in [1.165, 1.54) is 23.1 Å². The number of fused-ring (bicyclic) bond motifs is 2. The standard InChI is InChI=1S/C20H20ClN9O3S/c1-22-16-12-17(26-19(25-16)30-6-9(27-28-30)10-3-4-11(21)34-10)29(7-24-12)13-8-5-20(8,18(33)23-2)15(32)14(13)31/h3-4,6-8,13-15,31-32H,5H2,1-2H3,(H,23,33)(H,22,25,26)/t8?,13-,14?,15+,20-/m1/s1. The number of hydrogen-bond donors (Lipinski definition) is 4. The second-order valence-corrected chi connectivity index (χ2v) is 10.2. The lowest BCUT2D eigenvalue weighted by Gasteiger charge is -2.23. The number of hydrogen-bond acceptors (Lipinski definition) is 10. The number of anilines is 1. The van der Waals surface area contributed by atoms with Crippen molar-refractivity contribution < 1.29 is 15.0 Å². The first-order chi connectivity index (χ1) is 16.4. The van der Waals surface area contributed by atoms with Crippen LogP contribution >= 0.6 is 22.9 Å². The fraction of sp³-hybridized carbons (Fsp3) is 0.400. The number of halogens is 1. The Balaban J connectivity index is 1.43. The van der Waals surface area contributed by atoms with Crippen molar-refractivity contribution in [3.8, 4) is 16.5 Å². The second kappa shape index (κ2) is 7.43. The molecule has 0 bridgehead atoms. The number of carbonyl (C=O) groups excluding carboxylic acids is 1. The molecule has 0 aliphatic heterocycles. The molecule has 0 saturated heterocycles. The van der Waals surface area contributed by atoms with Crippen LogP contribution in [0.5, 0.6) is 0 Å². The van der Waals surface area contributed by atoms with Gasteiger partial charge in [-0.1, -0.05) is 16.8 Å². The summed E-state index contributed by atoms with van der Waals surface area (Å²) in [6.07, 6.45) is 1.41.